The summed E-state index contributed by atoms with van der Waals surface area (Å²) in [4.78, 5) is 13.4. The first-order valence-corrected chi connectivity index (χ1v) is 6.67. The van der Waals surface area contributed by atoms with Crippen LogP contribution in [-0.4, -0.2) is 42.2 Å². The Morgan fingerprint density at radius 2 is 2.05 bits per heavy atom. The van der Waals surface area contributed by atoms with Crippen molar-refractivity contribution in [2.75, 3.05) is 37.2 Å². The van der Waals surface area contributed by atoms with Crippen molar-refractivity contribution in [3.05, 3.63) is 23.8 Å². The largest absolute Gasteiger partial charge is 0.478 e. The predicted octanol–water partition coefficient (Wildman–Crippen LogP) is 2.11. The Bertz CT molecular complexity index is 417. The molecule has 1 rings (SSSR count). The van der Waals surface area contributed by atoms with E-state index >= 15 is 0 Å². The minimum absolute atomic E-state index is 0.225. The van der Waals surface area contributed by atoms with Crippen LogP contribution in [0.4, 0.5) is 11.4 Å². The van der Waals surface area contributed by atoms with Gasteiger partial charge in [0.15, 0.2) is 0 Å². The molecule has 1 aromatic carbocycles. The molecule has 5 heteroatoms. The van der Waals surface area contributed by atoms with Crippen LogP contribution in [0.3, 0.4) is 0 Å². The van der Waals surface area contributed by atoms with Gasteiger partial charge in [0.25, 0.3) is 0 Å². The van der Waals surface area contributed by atoms with Crippen LogP contribution in [0.2, 0.25) is 0 Å². The van der Waals surface area contributed by atoms with E-state index < -0.39 is 5.97 Å². The quantitative estimate of drug-likeness (QED) is 0.495. The zero-order valence-electron chi connectivity index (χ0n) is 11.6. The third-order valence-corrected chi connectivity index (χ3v) is 3.14. The third-order valence-electron chi connectivity index (χ3n) is 3.14. The van der Waals surface area contributed by atoms with Crippen molar-refractivity contribution in [2.45, 2.75) is 20.3 Å². The van der Waals surface area contributed by atoms with Crippen molar-refractivity contribution in [1.82, 2.24) is 4.90 Å². The maximum absolute atomic E-state index is 11.1. The molecule has 0 aromatic heterocycles. The Hall–Kier alpha value is -1.75. The monoisotopic (exact) mass is 265 g/mol. The highest BCUT2D eigenvalue weighted by molar-refractivity contribution is 5.95. The first-order valence-electron chi connectivity index (χ1n) is 6.67. The summed E-state index contributed by atoms with van der Waals surface area (Å²) >= 11 is 0. The van der Waals surface area contributed by atoms with E-state index in [9.17, 15) is 4.79 Å². The first kappa shape index (κ1) is 15.3. The maximum atomic E-state index is 11.1. The average Bonchev–Trinajstić information content (AvgIpc) is 2.40. The van der Waals surface area contributed by atoms with E-state index in [4.69, 9.17) is 10.8 Å². The molecule has 5 nitrogen and oxygen atoms in total. The van der Waals surface area contributed by atoms with E-state index in [2.05, 4.69) is 24.1 Å². The highest BCUT2D eigenvalue weighted by Crippen LogP contribution is 2.18. The Balaban J connectivity index is 2.51. The van der Waals surface area contributed by atoms with E-state index in [0.29, 0.717) is 11.4 Å². The van der Waals surface area contributed by atoms with E-state index in [-0.39, 0.29) is 5.56 Å². The fourth-order valence-corrected chi connectivity index (χ4v) is 1.96. The molecule has 0 aliphatic carbocycles. The number of nitrogens with zero attached hydrogens (tertiary/aromatic N) is 1. The molecular formula is C14H23N3O2. The van der Waals surface area contributed by atoms with Gasteiger partial charge in [0.05, 0.1) is 5.56 Å². The van der Waals surface area contributed by atoms with Crippen LogP contribution in [-0.2, 0) is 0 Å². The van der Waals surface area contributed by atoms with E-state index in [1.807, 2.05) is 0 Å². The first-order chi connectivity index (χ1) is 9.08. The van der Waals surface area contributed by atoms with E-state index in [0.717, 1.165) is 32.6 Å². The minimum atomic E-state index is -0.960. The number of carboxylic acids is 1. The summed E-state index contributed by atoms with van der Waals surface area (Å²) in [5.41, 5.74) is 6.91. The standard InChI is InChI=1S/C14H23N3O2/c1-3-17(4-2)9-5-8-16-13-7-6-11(15)10-12(13)14(18)19/h6-7,10,16H,3-5,8-9,15H2,1-2H3,(H,18,19). The molecule has 0 spiro atoms. The van der Waals surface area contributed by atoms with Gasteiger partial charge in [-0.2, -0.15) is 0 Å². The summed E-state index contributed by atoms with van der Waals surface area (Å²) in [6.45, 7) is 8.12. The molecule has 0 radical (unpaired) electrons. The molecule has 0 saturated carbocycles. The van der Waals surface area contributed by atoms with Crippen LogP contribution in [0.15, 0.2) is 18.2 Å². The zero-order valence-corrected chi connectivity index (χ0v) is 11.6. The fourth-order valence-electron chi connectivity index (χ4n) is 1.96. The van der Waals surface area contributed by atoms with Crippen molar-refractivity contribution in [1.29, 1.82) is 0 Å². The summed E-state index contributed by atoms with van der Waals surface area (Å²) in [6.07, 6.45) is 0.977. The summed E-state index contributed by atoms with van der Waals surface area (Å²) < 4.78 is 0. The van der Waals surface area contributed by atoms with Gasteiger partial charge in [0.2, 0.25) is 0 Å². The molecule has 0 heterocycles. The van der Waals surface area contributed by atoms with Gasteiger partial charge in [-0.3, -0.25) is 0 Å². The molecule has 0 atom stereocenters. The Morgan fingerprint density at radius 1 is 1.37 bits per heavy atom. The number of benzene rings is 1. The third kappa shape index (κ3) is 4.79. The van der Waals surface area contributed by atoms with Gasteiger partial charge >= 0.3 is 5.97 Å². The SMILES string of the molecule is CCN(CC)CCCNc1ccc(N)cc1C(=O)O. The van der Waals surface area contributed by atoms with Crippen LogP contribution in [0.5, 0.6) is 0 Å². The normalized spacial score (nSPS) is 10.7. The molecule has 0 aliphatic heterocycles. The number of nitrogen functional groups attached to an aromatic ring is 1. The molecule has 0 saturated heterocycles. The van der Waals surface area contributed by atoms with Crippen LogP contribution in [0.1, 0.15) is 30.6 Å². The number of hydrogen-bond donors (Lipinski definition) is 3. The molecule has 0 amide bonds. The highest BCUT2D eigenvalue weighted by atomic mass is 16.4. The molecule has 0 fully saturated rings. The topological polar surface area (TPSA) is 78.6 Å². The lowest BCUT2D eigenvalue weighted by molar-refractivity contribution is 0.0698. The van der Waals surface area contributed by atoms with Crippen LogP contribution >= 0.6 is 0 Å². The van der Waals surface area contributed by atoms with Gasteiger partial charge in [0, 0.05) is 17.9 Å². The number of nitrogens with one attached hydrogen (secondary N) is 1. The molecule has 0 unspecified atom stereocenters. The fraction of sp³-hybridized carbons (Fsp3) is 0.500. The van der Waals surface area contributed by atoms with Gasteiger partial charge in [0.1, 0.15) is 0 Å². The summed E-state index contributed by atoms with van der Waals surface area (Å²) in [5.74, 6) is -0.960. The Morgan fingerprint density at radius 3 is 2.63 bits per heavy atom. The van der Waals surface area contributed by atoms with Gasteiger partial charge in [-0.15, -0.1) is 0 Å². The summed E-state index contributed by atoms with van der Waals surface area (Å²) in [5, 5.41) is 12.3. The molecule has 4 N–H and O–H groups in total. The van der Waals surface area contributed by atoms with Crippen molar-refractivity contribution < 1.29 is 9.90 Å². The molecular weight excluding hydrogens is 242 g/mol. The van der Waals surface area contributed by atoms with Crippen LogP contribution in [0, 0.1) is 0 Å². The summed E-state index contributed by atoms with van der Waals surface area (Å²) in [6, 6.07) is 4.91. The molecule has 0 bridgehead atoms. The highest BCUT2D eigenvalue weighted by Gasteiger charge is 2.09. The molecule has 19 heavy (non-hydrogen) atoms. The van der Waals surface area contributed by atoms with Crippen molar-refractivity contribution in [2.24, 2.45) is 0 Å². The van der Waals surface area contributed by atoms with Crippen molar-refractivity contribution >= 4 is 17.3 Å². The second-order valence-electron chi connectivity index (χ2n) is 4.42. The number of carboxylic acid groups (broad SMARTS) is 1. The van der Waals surface area contributed by atoms with Gasteiger partial charge in [-0.05, 0) is 44.3 Å². The lowest BCUT2D eigenvalue weighted by Crippen LogP contribution is -2.25. The van der Waals surface area contributed by atoms with Crippen molar-refractivity contribution in [3.63, 3.8) is 0 Å². The number of anilines is 2. The van der Waals surface area contributed by atoms with Gasteiger partial charge in [-0.25, -0.2) is 4.79 Å². The van der Waals surface area contributed by atoms with E-state index in [1.54, 1.807) is 12.1 Å². The zero-order chi connectivity index (χ0) is 14.3. The number of rotatable bonds is 8. The second kappa shape index (κ2) is 7.63. The molecule has 106 valence electrons. The van der Waals surface area contributed by atoms with Crippen molar-refractivity contribution in [3.8, 4) is 0 Å². The molecule has 0 aliphatic rings. The van der Waals surface area contributed by atoms with Crippen LogP contribution in [0.25, 0.3) is 0 Å². The lowest BCUT2D eigenvalue weighted by atomic mass is 10.1. The Labute approximate surface area is 114 Å². The average molecular weight is 265 g/mol. The predicted molar refractivity (Wildman–Crippen MR) is 78.7 cm³/mol. The number of carbonyl (C=O) groups is 1. The maximum Gasteiger partial charge on any atom is 0.337 e. The summed E-state index contributed by atoms with van der Waals surface area (Å²) in [7, 11) is 0. The number of hydrogen-bond acceptors (Lipinski definition) is 4. The Kier molecular flexibility index (Phi) is 6.15. The number of aromatic carboxylic acids is 1. The van der Waals surface area contributed by atoms with Gasteiger partial charge < -0.3 is 21.1 Å². The van der Waals surface area contributed by atoms with Gasteiger partial charge in [-0.1, -0.05) is 13.8 Å². The second-order valence-corrected chi connectivity index (χ2v) is 4.42. The smallest absolute Gasteiger partial charge is 0.337 e. The minimum Gasteiger partial charge on any atom is -0.478 e. The lowest BCUT2D eigenvalue weighted by Gasteiger charge is -2.18. The van der Waals surface area contributed by atoms with E-state index in [1.165, 1.54) is 6.07 Å². The number of nitrogens with two attached hydrogens (primary N) is 1. The van der Waals surface area contributed by atoms with Crippen LogP contribution < -0.4 is 11.1 Å². The molecule has 1 aromatic rings.